The van der Waals surface area contributed by atoms with Crippen LogP contribution in [0.25, 0.3) is 0 Å². The van der Waals surface area contributed by atoms with Gasteiger partial charge in [0.05, 0.1) is 5.41 Å². The first kappa shape index (κ1) is 13.5. The molecule has 0 radical (unpaired) electrons. The number of carboxylic acid groups (broad SMARTS) is 1. The second-order valence-corrected chi connectivity index (χ2v) is 5.53. The van der Waals surface area contributed by atoms with Gasteiger partial charge < -0.3 is 5.11 Å². The molecule has 3 rings (SSSR count). The second kappa shape index (κ2) is 5.10. The molecule has 0 saturated heterocycles. The highest BCUT2D eigenvalue weighted by Gasteiger charge is 2.51. The van der Waals surface area contributed by atoms with E-state index < -0.39 is 11.4 Å². The van der Waals surface area contributed by atoms with Crippen LogP contribution in [-0.2, 0) is 10.2 Å². The van der Waals surface area contributed by atoms with Crippen LogP contribution in [0.1, 0.15) is 35.1 Å². The van der Waals surface area contributed by atoms with Crippen LogP contribution in [0.4, 0.5) is 0 Å². The Morgan fingerprint density at radius 1 is 1.05 bits per heavy atom. The molecule has 0 unspecified atom stereocenters. The van der Waals surface area contributed by atoms with Gasteiger partial charge in [0.2, 0.25) is 0 Å². The molecule has 2 heteroatoms. The van der Waals surface area contributed by atoms with Crippen LogP contribution >= 0.6 is 0 Å². The summed E-state index contributed by atoms with van der Waals surface area (Å²) >= 11 is 0. The van der Waals surface area contributed by atoms with Gasteiger partial charge in [-0.15, -0.1) is 0 Å². The van der Waals surface area contributed by atoms with Crippen LogP contribution in [-0.4, -0.2) is 11.1 Å². The number of carboxylic acids is 1. The third-order valence-electron chi connectivity index (χ3n) is 4.08. The zero-order valence-electron chi connectivity index (χ0n) is 11.9. The number of hydrogen-bond acceptors (Lipinski definition) is 1. The van der Waals surface area contributed by atoms with Crippen molar-refractivity contribution in [3.8, 4) is 11.8 Å². The van der Waals surface area contributed by atoms with Crippen molar-refractivity contribution in [3.05, 3.63) is 70.8 Å². The van der Waals surface area contributed by atoms with E-state index in [1.54, 1.807) is 0 Å². The van der Waals surface area contributed by atoms with Gasteiger partial charge in [0.1, 0.15) is 0 Å². The molecule has 0 amide bonds. The highest BCUT2D eigenvalue weighted by atomic mass is 16.4. The molecule has 0 spiro atoms. The fourth-order valence-electron chi connectivity index (χ4n) is 2.48. The topological polar surface area (TPSA) is 37.3 Å². The van der Waals surface area contributed by atoms with E-state index in [-0.39, 0.29) is 0 Å². The molecule has 0 bridgehead atoms. The molecule has 0 heterocycles. The van der Waals surface area contributed by atoms with Crippen LogP contribution in [0.2, 0.25) is 0 Å². The van der Waals surface area contributed by atoms with Crippen molar-refractivity contribution in [1.82, 2.24) is 0 Å². The number of carbonyl (C=O) groups is 1. The third kappa shape index (κ3) is 2.55. The van der Waals surface area contributed by atoms with Crippen molar-refractivity contribution < 1.29 is 9.90 Å². The molecule has 2 nitrogen and oxygen atoms in total. The van der Waals surface area contributed by atoms with E-state index in [0.717, 1.165) is 35.1 Å². The van der Waals surface area contributed by atoms with Crippen molar-refractivity contribution in [2.24, 2.45) is 0 Å². The molecule has 21 heavy (non-hydrogen) atoms. The SMILES string of the molecule is Cc1ccccc1C#Cc1ccc(C2(C(=O)O)CC2)cc1. The largest absolute Gasteiger partial charge is 0.481 e. The van der Waals surface area contributed by atoms with Gasteiger partial charge in [-0.25, -0.2) is 0 Å². The molecule has 2 aromatic carbocycles. The Bertz CT molecular complexity index is 741. The molecule has 0 aliphatic heterocycles. The predicted octanol–water partition coefficient (Wildman–Crippen LogP) is 3.51. The van der Waals surface area contributed by atoms with E-state index >= 15 is 0 Å². The number of hydrogen-bond donors (Lipinski definition) is 1. The van der Waals surface area contributed by atoms with Gasteiger partial charge in [-0.2, -0.15) is 0 Å². The Kier molecular flexibility index (Phi) is 3.27. The summed E-state index contributed by atoms with van der Waals surface area (Å²) in [4.78, 5) is 11.3. The van der Waals surface area contributed by atoms with E-state index in [4.69, 9.17) is 0 Å². The highest BCUT2D eigenvalue weighted by molar-refractivity contribution is 5.84. The Hall–Kier alpha value is -2.53. The monoisotopic (exact) mass is 276 g/mol. The van der Waals surface area contributed by atoms with E-state index in [0.29, 0.717) is 0 Å². The van der Waals surface area contributed by atoms with Gasteiger partial charge in [-0.1, -0.05) is 42.2 Å². The number of benzene rings is 2. The molecule has 104 valence electrons. The van der Waals surface area contributed by atoms with Gasteiger partial charge in [0.25, 0.3) is 0 Å². The lowest BCUT2D eigenvalue weighted by atomic mass is 9.95. The Morgan fingerprint density at radius 3 is 2.29 bits per heavy atom. The van der Waals surface area contributed by atoms with Crippen molar-refractivity contribution >= 4 is 5.97 Å². The highest BCUT2D eigenvalue weighted by Crippen LogP contribution is 2.48. The summed E-state index contributed by atoms with van der Waals surface area (Å²) in [5.41, 5.74) is 3.33. The van der Waals surface area contributed by atoms with Gasteiger partial charge in [0.15, 0.2) is 0 Å². The van der Waals surface area contributed by atoms with Crippen LogP contribution in [0.15, 0.2) is 48.5 Å². The molecule has 1 aliphatic rings. The smallest absolute Gasteiger partial charge is 0.314 e. The summed E-state index contributed by atoms with van der Waals surface area (Å²) in [6, 6.07) is 15.6. The van der Waals surface area contributed by atoms with Crippen molar-refractivity contribution in [1.29, 1.82) is 0 Å². The molecule has 1 N–H and O–H groups in total. The zero-order chi connectivity index (χ0) is 14.9. The molecular weight excluding hydrogens is 260 g/mol. The lowest BCUT2D eigenvalue weighted by Crippen LogP contribution is -2.19. The van der Waals surface area contributed by atoms with E-state index in [2.05, 4.69) is 11.8 Å². The van der Waals surface area contributed by atoms with Crippen LogP contribution in [0, 0.1) is 18.8 Å². The Morgan fingerprint density at radius 2 is 1.71 bits per heavy atom. The summed E-state index contributed by atoms with van der Waals surface area (Å²) in [5, 5.41) is 9.28. The molecule has 0 atom stereocenters. The summed E-state index contributed by atoms with van der Waals surface area (Å²) in [5.74, 6) is 5.57. The average Bonchev–Trinajstić information content (AvgIpc) is 3.29. The maximum Gasteiger partial charge on any atom is 0.314 e. The standard InChI is InChI=1S/C19H16O2/c1-14-4-2-3-5-16(14)9-6-15-7-10-17(11-8-15)19(12-13-19)18(20)21/h2-5,7-8,10-11H,12-13H2,1H3,(H,20,21). The number of aryl methyl sites for hydroxylation is 1. The molecule has 1 fully saturated rings. The van der Waals surface area contributed by atoms with Gasteiger partial charge in [0, 0.05) is 11.1 Å². The zero-order valence-corrected chi connectivity index (χ0v) is 11.9. The second-order valence-electron chi connectivity index (χ2n) is 5.53. The molecule has 1 aliphatic carbocycles. The van der Waals surface area contributed by atoms with E-state index in [9.17, 15) is 9.90 Å². The maximum absolute atomic E-state index is 11.3. The summed E-state index contributed by atoms with van der Waals surface area (Å²) < 4.78 is 0. The first-order valence-electron chi connectivity index (χ1n) is 7.03. The minimum Gasteiger partial charge on any atom is -0.481 e. The minimum atomic E-state index is -0.721. The molecule has 2 aromatic rings. The van der Waals surface area contributed by atoms with Gasteiger partial charge >= 0.3 is 5.97 Å². The van der Waals surface area contributed by atoms with Gasteiger partial charge in [-0.05, 0) is 49.1 Å². The van der Waals surface area contributed by atoms with Crippen LogP contribution < -0.4 is 0 Å². The van der Waals surface area contributed by atoms with Gasteiger partial charge in [-0.3, -0.25) is 4.79 Å². The lowest BCUT2D eigenvalue weighted by Gasteiger charge is -2.09. The van der Waals surface area contributed by atoms with Crippen molar-refractivity contribution in [2.45, 2.75) is 25.2 Å². The predicted molar refractivity (Wildman–Crippen MR) is 82.1 cm³/mol. The fraction of sp³-hybridized carbons (Fsp3) is 0.211. The van der Waals surface area contributed by atoms with Crippen molar-refractivity contribution in [3.63, 3.8) is 0 Å². The molecular formula is C19H16O2. The normalized spacial score (nSPS) is 14.9. The molecule has 0 aromatic heterocycles. The maximum atomic E-state index is 11.3. The first-order valence-corrected chi connectivity index (χ1v) is 7.03. The quantitative estimate of drug-likeness (QED) is 0.852. The lowest BCUT2D eigenvalue weighted by molar-refractivity contribution is -0.140. The average molecular weight is 276 g/mol. The van der Waals surface area contributed by atoms with Crippen LogP contribution in [0.5, 0.6) is 0 Å². The Balaban J connectivity index is 1.84. The van der Waals surface area contributed by atoms with Crippen LogP contribution in [0.3, 0.4) is 0 Å². The number of rotatable bonds is 2. The first-order chi connectivity index (χ1) is 10.1. The minimum absolute atomic E-state index is 0.637. The fourth-order valence-corrected chi connectivity index (χ4v) is 2.48. The third-order valence-corrected chi connectivity index (χ3v) is 4.08. The number of aliphatic carboxylic acids is 1. The van der Waals surface area contributed by atoms with Crippen molar-refractivity contribution in [2.75, 3.05) is 0 Å². The van der Waals surface area contributed by atoms with E-state index in [1.165, 1.54) is 0 Å². The molecule has 1 saturated carbocycles. The Labute approximate surface area is 124 Å². The summed E-state index contributed by atoms with van der Waals surface area (Å²) in [7, 11) is 0. The van der Waals surface area contributed by atoms with E-state index in [1.807, 2.05) is 55.5 Å². The summed E-state index contributed by atoms with van der Waals surface area (Å²) in [6.07, 6.45) is 1.47. The summed E-state index contributed by atoms with van der Waals surface area (Å²) in [6.45, 7) is 2.04.